The van der Waals surface area contributed by atoms with Gasteiger partial charge in [0, 0.05) is 24.3 Å². The van der Waals surface area contributed by atoms with Crippen LogP contribution in [0.15, 0.2) is 24.3 Å². The fraction of sp³-hybridized carbons (Fsp3) is 0.385. The zero-order valence-electron chi connectivity index (χ0n) is 10.2. The number of benzene rings is 1. The molecule has 0 saturated carbocycles. The molecule has 0 radical (unpaired) electrons. The van der Waals surface area contributed by atoms with Gasteiger partial charge in [-0.15, -0.1) is 0 Å². The lowest BCUT2D eigenvalue weighted by atomic mass is 10.1. The lowest BCUT2D eigenvalue weighted by Gasteiger charge is -2.25. The molecular weight excluding hydrogens is 230 g/mol. The molecule has 0 spiro atoms. The molecule has 96 valence electrons. The molecule has 2 rings (SSSR count). The van der Waals surface area contributed by atoms with Crippen molar-refractivity contribution in [1.29, 1.82) is 0 Å². The number of likely N-dealkylation sites (tertiary alicyclic amines) is 1. The van der Waals surface area contributed by atoms with Gasteiger partial charge < -0.3 is 16.0 Å². The van der Waals surface area contributed by atoms with Crippen molar-refractivity contribution >= 4 is 23.2 Å². The predicted molar refractivity (Wildman–Crippen MR) is 69.9 cm³/mol. The van der Waals surface area contributed by atoms with Gasteiger partial charge in [0.15, 0.2) is 0 Å². The van der Waals surface area contributed by atoms with Crippen molar-refractivity contribution in [3.63, 3.8) is 0 Å². The third-order valence-corrected chi connectivity index (χ3v) is 2.95. The van der Waals surface area contributed by atoms with Crippen LogP contribution in [0.5, 0.6) is 0 Å². The number of piperidine rings is 1. The van der Waals surface area contributed by atoms with Crippen molar-refractivity contribution in [3.8, 4) is 0 Å². The molecule has 0 atom stereocenters. The molecule has 0 aliphatic carbocycles. The van der Waals surface area contributed by atoms with Gasteiger partial charge in [-0.25, -0.2) is 0 Å². The predicted octanol–water partition coefficient (Wildman–Crippen LogP) is 1.22. The van der Waals surface area contributed by atoms with Crippen molar-refractivity contribution in [2.75, 3.05) is 24.1 Å². The molecule has 2 amide bonds. The maximum Gasteiger partial charge on any atom is 0.243 e. The molecule has 0 aromatic heterocycles. The Balaban J connectivity index is 1.88. The Morgan fingerprint density at radius 3 is 2.67 bits per heavy atom. The van der Waals surface area contributed by atoms with Crippen LogP contribution >= 0.6 is 0 Å². The Morgan fingerprint density at radius 1 is 1.28 bits per heavy atom. The lowest BCUT2D eigenvalue weighted by Crippen LogP contribution is -2.40. The highest BCUT2D eigenvalue weighted by Crippen LogP contribution is 2.12. The maximum absolute atomic E-state index is 11.8. The molecule has 1 aliphatic rings. The first-order valence-electron chi connectivity index (χ1n) is 6.08. The Labute approximate surface area is 106 Å². The molecule has 5 heteroatoms. The summed E-state index contributed by atoms with van der Waals surface area (Å²) in [6, 6.07) is 6.93. The van der Waals surface area contributed by atoms with Gasteiger partial charge in [-0.2, -0.15) is 0 Å². The van der Waals surface area contributed by atoms with Crippen molar-refractivity contribution in [2.45, 2.75) is 19.3 Å². The summed E-state index contributed by atoms with van der Waals surface area (Å²) in [5, 5.41) is 2.75. The van der Waals surface area contributed by atoms with Crippen LogP contribution < -0.4 is 11.1 Å². The smallest absolute Gasteiger partial charge is 0.243 e. The summed E-state index contributed by atoms with van der Waals surface area (Å²) >= 11 is 0. The van der Waals surface area contributed by atoms with Gasteiger partial charge in [0.05, 0.1) is 6.54 Å². The van der Waals surface area contributed by atoms with Crippen LogP contribution in [0.4, 0.5) is 11.4 Å². The van der Waals surface area contributed by atoms with E-state index in [1.54, 1.807) is 29.2 Å². The Bertz CT molecular complexity index is 442. The standard InChI is InChI=1S/C13H17N3O2/c14-10-4-6-11(7-5-10)15-12(17)9-16-8-2-1-3-13(16)18/h4-7H,1-3,8-9,14H2,(H,15,17). The van der Waals surface area contributed by atoms with Crippen molar-refractivity contribution in [3.05, 3.63) is 24.3 Å². The third-order valence-electron chi connectivity index (χ3n) is 2.95. The van der Waals surface area contributed by atoms with E-state index in [9.17, 15) is 9.59 Å². The summed E-state index contributed by atoms with van der Waals surface area (Å²) in [6.07, 6.45) is 2.45. The van der Waals surface area contributed by atoms with Crippen molar-refractivity contribution in [1.82, 2.24) is 4.90 Å². The minimum Gasteiger partial charge on any atom is -0.399 e. The van der Waals surface area contributed by atoms with Crippen molar-refractivity contribution < 1.29 is 9.59 Å². The highest BCUT2D eigenvalue weighted by Gasteiger charge is 2.20. The van der Waals surface area contributed by atoms with E-state index >= 15 is 0 Å². The molecule has 18 heavy (non-hydrogen) atoms. The van der Waals surface area contributed by atoms with Crippen LogP contribution in [0.2, 0.25) is 0 Å². The second-order valence-electron chi connectivity index (χ2n) is 4.44. The number of rotatable bonds is 3. The molecule has 1 aromatic rings. The number of carbonyl (C=O) groups excluding carboxylic acids is 2. The average molecular weight is 247 g/mol. The number of nitrogen functional groups attached to an aromatic ring is 1. The van der Waals surface area contributed by atoms with E-state index in [2.05, 4.69) is 5.32 Å². The summed E-state index contributed by atoms with van der Waals surface area (Å²) in [7, 11) is 0. The molecule has 1 heterocycles. The van der Waals surface area contributed by atoms with E-state index in [1.165, 1.54) is 0 Å². The third kappa shape index (κ3) is 3.23. The number of hydrogen-bond donors (Lipinski definition) is 2. The quantitative estimate of drug-likeness (QED) is 0.788. The highest BCUT2D eigenvalue weighted by atomic mass is 16.2. The van der Waals surface area contributed by atoms with Gasteiger partial charge in [0.1, 0.15) is 0 Å². The van der Waals surface area contributed by atoms with Gasteiger partial charge in [-0.1, -0.05) is 0 Å². The van der Waals surface area contributed by atoms with E-state index in [0.29, 0.717) is 24.3 Å². The van der Waals surface area contributed by atoms with Gasteiger partial charge in [-0.05, 0) is 37.1 Å². The minimum atomic E-state index is -0.171. The van der Waals surface area contributed by atoms with E-state index in [1.807, 2.05) is 0 Å². The number of carbonyl (C=O) groups is 2. The fourth-order valence-electron chi connectivity index (χ4n) is 1.97. The molecule has 1 aromatic carbocycles. The zero-order chi connectivity index (χ0) is 13.0. The molecule has 1 saturated heterocycles. The first-order chi connectivity index (χ1) is 8.65. The molecular formula is C13H17N3O2. The summed E-state index contributed by atoms with van der Waals surface area (Å²) < 4.78 is 0. The van der Waals surface area contributed by atoms with Crippen LogP contribution in [0.25, 0.3) is 0 Å². The Kier molecular flexibility index (Phi) is 3.82. The average Bonchev–Trinajstić information content (AvgIpc) is 2.35. The second kappa shape index (κ2) is 5.53. The summed E-state index contributed by atoms with van der Waals surface area (Å²) in [6.45, 7) is 0.803. The van der Waals surface area contributed by atoms with E-state index in [-0.39, 0.29) is 18.4 Å². The first kappa shape index (κ1) is 12.4. The molecule has 1 fully saturated rings. The highest BCUT2D eigenvalue weighted by molar-refractivity contribution is 5.94. The van der Waals surface area contributed by atoms with Crippen molar-refractivity contribution in [2.24, 2.45) is 0 Å². The van der Waals surface area contributed by atoms with Crippen LogP contribution in [0.3, 0.4) is 0 Å². The Morgan fingerprint density at radius 2 is 2.00 bits per heavy atom. The normalized spacial score (nSPS) is 15.6. The molecule has 1 aliphatic heterocycles. The maximum atomic E-state index is 11.8. The lowest BCUT2D eigenvalue weighted by molar-refractivity contribution is -0.136. The van der Waals surface area contributed by atoms with Crippen LogP contribution in [-0.4, -0.2) is 29.8 Å². The second-order valence-corrected chi connectivity index (χ2v) is 4.44. The topological polar surface area (TPSA) is 75.4 Å². The van der Waals surface area contributed by atoms with Crippen LogP contribution in [0, 0.1) is 0 Å². The van der Waals surface area contributed by atoms with E-state index in [0.717, 1.165) is 12.8 Å². The molecule has 3 N–H and O–H groups in total. The molecule has 0 unspecified atom stereocenters. The first-order valence-corrected chi connectivity index (χ1v) is 6.08. The number of nitrogens with zero attached hydrogens (tertiary/aromatic N) is 1. The minimum absolute atomic E-state index is 0.0636. The number of hydrogen-bond acceptors (Lipinski definition) is 3. The van der Waals surface area contributed by atoms with Crippen LogP contribution in [0.1, 0.15) is 19.3 Å². The molecule has 5 nitrogen and oxygen atoms in total. The number of nitrogens with two attached hydrogens (primary N) is 1. The largest absolute Gasteiger partial charge is 0.399 e. The number of amides is 2. The fourth-order valence-corrected chi connectivity index (χ4v) is 1.97. The monoisotopic (exact) mass is 247 g/mol. The van der Waals surface area contributed by atoms with Crippen LogP contribution in [-0.2, 0) is 9.59 Å². The van der Waals surface area contributed by atoms with Gasteiger partial charge in [0.2, 0.25) is 11.8 Å². The van der Waals surface area contributed by atoms with Gasteiger partial charge >= 0.3 is 0 Å². The number of anilines is 2. The summed E-state index contributed by atoms with van der Waals surface area (Å²) in [5.74, 6) is -0.108. The van der Waals surface area contributed by atoms with E-state index < -0.39 is 0 Å². The molecule has 0 bridgehead atoms. The Hall–Kier alpha value is -2.04. The van der Waals surface area contributed by atoms with Gasteiger partial charge in [0.25, 0.3) is 0 Å². The SMILES string of the molecule is Nc1ccc(NC(=O)CN2CCCCC2=O)cc1. The summed E-state index contributed by atoms with van der Waals surface area (Å²) in [5.41, 5.74) is 6.90. The number of nitrogens with one attached hydrogen (secondary N) is 1. The van der Waals surface area contributed by atoms with Gasteiger partial charge in [-0.3, -0.25) is 9.59 Å². The zero-order valence-corrected chi connectivity index (χ0v) is 10.2. The summed E-state index contributed by atoms with van der Waals surface area (Å²) in [4.78, 5) is 24.9. The van der Waals surface area contributed by atoms with E-state index in [4.69, 9.17) is 5.73 Å².